The Kier molecular flexibility index (Phi) is 6.04. The molecule has 0 saturated carbocycles. The number of nitriles is 1. The fraction of sp³-hybridized carbons (Fsp3) is 0.333. The maximum atomic E-state index is 8.29. The third-order valence-corrected chi connectivity index (χ3v) is 1.48. The van der Waals surface area contributed by atoms with Crippen molar-refractivity contribution in [1.82, 2.24) is 0 Å². The molecule has 0 aromatic carbocycles. The molecule has 0 radical (unpaired) electrons. The quantitative estimate of drug-likeness (QED) is 0.518. The monoisotopic (exact) mass is 183 g/mol. The first-order valence-electron chi connectivity index (χ1n) is 3.74. The number of hydrogen-bond donors (Lipinski definition) is 0. The Morgan fingerprint density at radius 1 is 1.17 bits per heavy atom. The zero-order valence-corrected chi connectivity index (χ0v) is 7.63. The van der Waals surface area contributed by atoms with Crippen LogP contribution in [0.5, 0.6) is 0 Å². The number of pyridine rings is 1. The van der Waals surface area contributed by atoms with Gasteiger partial charge in [-0.1, -0.05) is 6.07 Å². The normalized spacial score (nSPS) is 8.25. The summed E-state index contributed by atoms with van der Waals surface area (Å²) in [6.45, 7) is 0.939. The maximum absolute atomic E-state index is 8.29. The number of halogens is 1. The number of rotatable bonds is 3. The van der Waals surface area contributed by atoms with E-state index in [1.165, 1.54) is 0 Å². The van der Waals surface area contributed by atoms with Gasteiger partial charge in [0.25, 0.3) is 0 Å². The Morgan fingerprint density at radius 3 is 2.42 bits per heavy atom. The summed E-state index contributed by atoms with van der Waals surface area (Å²) in [5, 5.41) is 8.29. The molecule has 1 aromatic rings. The van der Waals surface area contributed by atoms with Gasteiger partial charge in [-0.2, -0.15) is 5.26 Å². The van der Waals surface area contributed by atoms with Crippen LogP contribution in [-0.2, 0) is 6.54 Å². The standard InChI is InChI=1S/C9H11N2.ClH/c10-6-2-5-9-11-7-3-1-4-8-11;/h1,3-4,7-8H,2,5,9H2;1H/q+1;. The van der Waals surface area contributed by atoms with Gasteiger partial charge in [-0.15, -0.1) is 12.4 Å². The third-order valence-electron chi connectivity index (χ3n) is 1.48. The van der Waals surface area contributed by atoms with E-state index in [-0.39, 0.29) is 12.4 Å². The molecular weight excluding hydrogens is 172 g/mol. The van der Waals surface area contributed by atoms with Crippen molar-refractivity contribution < 1.29 is 4.57 Å². The van der Waals surface area contributed by atoms with Gasteiger partial charge in [-0.3, -0.25) is 0 Å². The first kappa shape index (κ1) is 10.9. The molecule has 0 amide bonds. The van der Waals surface area contributed by atoms with Gasteiger partial charge in [0.05, 0.1) is 6.07 Å². The van der Waals surface area contributed by atoms with Gasteiger partial charge in [0.15, 0.2) is 12.4 Å². The van der Waals surface area contributed by atoms with Crippen LogP contribution in [0.2, 0.25) is 0 Å². The fourth-order valence-electron chi connectivity index (χ4n) is 0.924. The molecule has 0 saturated heterocycles. The van der Waals surface area contributed by atoms with Gasteiger partial charge in [-0.05, 0) is 0 Å². The Bertz CT molecular complexity index is 240. The smallest absolute Gasteiger partial charge is 0.168 e. The highest BCUT2D eigenvalue weighted by molar-refractivity contribution is 5.85. The Hall–Kier alpha value is -1.07. The average Bonchev–Trinajstić information content (AvgIpc) is 2.07. The first-order chi connectivity index (χ1) is 5.43. The Morgan fingerprint density at radius 2 is 1.83 bits per heavy atom. The van der Waals surface area contributed by atoms with Crippen molar-refractivity contribution in [2.45, 2.75) is 19.4 Å². The van der Waals surface area contributed by atoms with Crippen molar-refractivity contribution in [3.63, 3.8) is 0 Å². The third kappa shape index (κ3) is 3.95. The molecule has 0 aliphatic carbocycles. The van der Waals surface area contributed by atoms with Crippen molar-refractivity contribution in [3.05, 3.63) is 30.6 Å². The Balaban J connectivity index is 0.00000121. The molecule has 0 fully saturated rings. The molecule has 64 valence electrons. The van der Waals surface area contributed by atoms with Crippen LogP contribution < -0.4 is 4.57 Å². The lowest BCUT2D eigenvalue weighted by Gasteiger charge is -1.90. The highest BCUT2D eigenvalue weighted by Gasteiger charge is 1.95. The number of unbranched alkanes of at least 4 members (excludes halogenated alkanes) is 1. The molecule has 0 aliphatic heterocycles. The van der Waals surface area contributed by atoms with Crippen LogP contribution >= 0.6 is 12.4 Å². The van der Waals surface area contributed by atoms with E-state index in [0.717, 1.165) is 13.0 Å². The van der Waals surface area contributed by atoms with Gasteiger partial charge in [0.2, 0.25) is 0 Å². The van der Waals surface area contributed by atoms with E-state index in [4.69, 9.17) is 5.26 Å². The number of nitrogens with zero attached hydrogens (tertiary/aromatic N) is 2. The molecular formula is C9H12ClN2+. The summed E-state index contributed by atoms with van der Waals surface area (Å²) in [5.74, 6) is 0. The number of hydrogen-bond acceptors (Lipinski definition) is 1. The molecule has 1 aromatic heterocycles. The van der Waals surface area contributed by atoms with E-state index in [9.17, 15) is 0 Å². The lowest BCUT2D eigenvalue weighted by atomic mass is 10.3. The summed E-state index contributed by atoms with van der Waals surface area (Å²) < 4.78 is 2.08. The lowest BCUT2D eigenvalue weighted by Crippen LogP contribution is -2.31. The predicted molar refractivity (Wildman–Crippen MR) is 48.7 cm³/mol. The van der Waals surface area contributed by atoms with Crippen LogP contribution in [-0.4, -0.2) is 0 Å². The highest BCUT2D eigenvalue weighted by atomic mass is 35.5. The summed E-state index contributed by atoms with van der Waals surface area (Å²) in [7, 11) is 0. The second kappa shape index (κ2) is 6.63. The molecule has 0 N–H and O–H groups in total. The lowest BCUT2D eigenvalue weighted by molar-refractivity contribution is -0.697. The minimum absolute atomic E-state index is 0. The van der Waals surface area contributed by atoms with E-state index < -0.39 is 0 Å². The fourth-order valence-corrected chi connectivity index (χ4v) is 0.924. The molecule has 0 spiro atoms. The molecule has 3 heteroatoms. The second-order valence-corrected chi connectivity index (χ2v) is 2.37. The summed E-state index contributed by atoms with van der Waals surface area (Å²) >= 11 is 0. The Labute approximate surface area is 78.9 Å². The molecule has 0 aliphatic rings. The van der Waals surface area contributed by atoms with E-state index in [0.29, 0.717) is 6.42 Å². The predicted octanol–water partition coefficient (Wildman–Crippen LogP) is 1.70. The van der Waals surface area contributed by atoms with Gasteiger partial charge in [-0.25, -0.2) is 4.57 Å². The molecule has 12 heavy (non-hydrogen) atoms. The van der Waals surface area contributed by atoms with Crippen molar-refractivity contribution in [3.8, 4) is 6.07 Å². The van der Waals surface area contributed by atoms with Crippen LogP contribution in [0.15, 0.2) is 30.6 Å². The van der Waals surface area contributed by atoms with E-state index in [1.54, 1.807) is 0 Å². The summed E-state index contributed by atoms with van der Waals surface area (Å²) in [4.78, 5) is 0. The van der Waals surface area contributed by atoms with Crippen molar-refractivity contribution in [1.29, 1.82) is 5.26 Å². The van der Waals surface area contributed by atoms with Crippen molar-refractivity contribution in [2.75, 3.05) is 0 Å². The highest BCUT2D eigenvalue weighted by Crippen LogP contribution is 1.85. The van der Waals surface area contributed by atoms with Gasteiger partial charge in [0.1, 0.15) is 6.54 Å². The molecule has 0 atom stereocenters. The van der Waals surface area contributed by atoms with Crippen LogP contribution in [0.1, 0.15) is 12.8 Å². The molecule has 2 nitrogen and oxygen atoms in total. The van der Waals surface area contributed by atoms with E-state index >= 15 is 0 Å². The van der Waals surface area contributed by atoms with Crippen molar-refractivity contribution >= 4 is 12.4 Å². The van der Waals surface area contributed by atoms with Crippen LogP contribution in [0.3, 0.4) is 0 Å². The average molecular weight is 184 g/mol. The minimum Gasteiger partial charge on any atom is -0.205 e. The van der Waals surface area contributed by atoms with E-state index in [1.807, 2.05) is 30.6 Å². The SMILES string of the molecule is Cl.N#CCCC[n+]1ccccc1. The second-order valence-electron chi connectivity index (χ2n) is 2.37. The molecule has 1 heterocycles. The molecule has 0 bridgehead atoms. The topological polar surface area (TPSA) is 27.7 Å². The number of aromatic nitrogens is 1. The van der Waals surface area contributed by atoms with Crippen molar-refractivity contribution in [2.24, 2.45) is 0 Å². The first-order valence-corrected chi connectivity index (χ1v) is 3.74. The van der Waals surface area contributed by atoms with Gasteiger partial charge < -0.3 is 0 Å². The molecule has 0 unspecified atom stereocenters. The van der Waals surface area contributed by atoms with Crippen LogP contribution in [0.25, 0.3) is 0 Å². The van der Waals surface area contributed by atoms with Gasteiger partial charge >= 0.3 is 0 Å². The van der Waals surface area contributed by atoms with Gasteiger partial charge in [0, 0.05) is 25.0 Å². The zero-order valence-electron chi connectivity index (χ0n) is 6.81. The summed E-state index contributed by atoms with van der Waals surface area (Å²) in [5.41, 5.74) is 0. The summed E-state index contributed by atoms with van der Waals surface area (Å²) in [6, 6.07) is 8.10. The zero-order chi connectivity index (χ0) is 7.94. The van der Waals surface area contributed by atoms with E-state index in [2.05, 4.69) is 10.6 Å². The van der Waals surface area contributed by atoms with Crippen LogP contribution in [0, 0.1) is 11.3 Å². The minimum atomic E-state index is 0. The van der Waals surface area contributed by atoms with Crippen LogP contribution in [0.4, 0.5) is 0 Å². The summed E-state index contributed by atoms with van der Waals surface area (Å²) in [6.07, 6.45) is 5.60. The maximum Gasteiger partial charge on any atom is 0.168 e. The largest absolute Gasteiger partial charge is 0.205 e. The number of aryl methyl sites for hydroxylation is 1. The molecule has 1 rings (SSSR count).